The maximum absolute atomic E-state index is 12.3. The second-order valence-electron chi connectivity index (χ2n) is 6.30. The topological polar surface area (TPSA) is 93.4 Å². The van der Waals surface area contributed by atoms with Crippen LogP contribution in [0.15, 0.2) is 23.4 Å². The quantitative estimate of drug-likeness (QED) is 0.897. The van der Waals surface area contributed by atoms with E-state index >= 15 is 0 Å². The number of carbonyl (C=O) groups is 1. The summed E-state index contributed by atoms with van der Waals surface area (Å²) in [6, 6.07) is 3.25. The Labute approximate surface area is 125 Å². The van der Waals surface area contributed by atoms with Crippen molar-refractivity contribution in [3.05, 3.63) is 18.3 Å². The molecule has 2 heterocycles. The Kier molecular flexibility index (Phi) is 3.97. The Bertz CT molecular complexity index is 632. The lowest BCUT2D eigenvalue weighted by atomic mass is 10.1. The van der Waals surface area contributed by atoms with Gasteiger partial charge in [0.05, 0.1) is 22.5 Å². The molecule has 1 aromatic rings. The van der Waals surface area contributed by atoms with Crippen LogP contribution in [-0.2, 0) is 14.6 Å². The van der Waals surface area contributed by atoms with Gasteiger partial charge in [-0.25, -0.2) is 13.4 Å². The van der Waals surface area contributed by atoms with Crippen molar-refractivity contribution in [3.63, 3.8) is 0 Å². The highest BCUT2D eigenvalue weighted by molar-refractivity contribution is 7.92. The summed E-state index contributed by atoms with van der Waals surface area (Å²) in [6.07, 6.45) is 2.26. The number of sulfone groups is 1. The highest BCUT2D eigenvalue weighted by atomic mass is 32.2. The molecule has 1 atom stereocenters. The molecule has 1 unspecified atom stereocenters. The Morgan fingerprint density at radius 1 is 1.38 bits per heavy atom. The number of hydrogen-bond acceptors (Lipinski definition) is 5. The van der Waals surface area contributed by atoms with Crippen molar-refractivity contribution in [1.29, 1.82) is 0 Å². The SMILES string of the molecule is CC(C)(C)S(=O)(=O)c1ccc(N2CCC(C(N)=O)C2)cn1. The highest BCUT2D eigenvalue weighted by Crippen LogP contribution is 2.27. The molecule has 0 radical (unpaired) electrons. The van der Waals surface area contributed by atoms with E-state index in [0.717, 1.165) is 18.7 Å². The number of nitrogens with two attached hydrogens (primary N) is 1. The third kappa shape index (κ3) is 3.02. The summed E-state index contributed by atoms with van der Waals surface area (Å²) in [4.78, 5) is 17.3. The number of aromatic nitrogens is 1. The normalized spacial score (nSPS) is 19.8. The van der Waals surface area contributed by atoms with Gasteiger partial charge in [-0.2, -0.15) is 0 Å². The molecule has 7 heteroatoms. The first-order chi connectivity index (χ1) is 9.63. The number of amides is 1. The molecular weight excluding hydrogens is 290 g/mol. The van der Waals surface area contributed by atoms with Crippen LogP contribution in [0.5, 0.6) is 0 Å². The number of rotatable bonds is 3. The Morgan fingerprint density at radius 2 is 2.05 bits per heavy atom. The van der Waals surface area contributed by atoms with Crippen molar-refractivity contribution < 1.29 is 13.2 Å². The molecule has 1 aliphatic rings. The van der Waals surface area contributed by atoms with Crippen molar-refractivity contribution in [2.75, 3.05) is 18.0 Å². The predicted octanol–water partition coefficient (Wildman–Crippen LogP) is 0.965. The van der Waals surface area contributed by atoms with Crippen molar-refractivity contribution in [1.82, 2.24) is 4.98 Å². The summed E-state index contributed by atoms with van der Waals surface area (Å²) in [5.41, 5.74) is 6.12. The van der Waals surface area contributed by atoms with Gasteiger partial charge >= 0.3 is 0 Å². The molecule has 0 bridgehead atoms. The molecule has 0 aromatic carbocycles. The van der Waals surface area contributed by atoms with E-state index in [2.05, 4.69) is 4.98 Å². The largest absolute Gasteiger partial charge is 0.369 e. The van der Waals surface area contributed by atoms with Gasteiger partial charge in [-0.15, -0.1) is 0 Å². The minimum Gasteiger partial charge on any atom is -0.369 e. The van der Waals surface area contributed by atoms with E-state index in [9.17, 15) is 13.2 Å². The van der Waals surface area contributed by atoms with Gasteiger partial charge in [0.15, 0.2) is 14.9 Å². The first-order valence-electron chi connectivity index (χ1n) is 6.88. The number of carbonyl (C=O) groups excluding carboxylic acids is 1. The maximum atomic E-state index is 12.3. The number of anilines is 1. The molecule has 116 valence electrons. The van der Waals surface area contributed by atoms with Gasteiger partial charge in [-0.05, 0) is 39.3 Å². The molecule has 1 saturated heterocycles. The van der Waals surface area contributed by atoms with Gasteiger partial charge in [0, 0.05) is 13.1 Å². The molecule has 1 aliphatic heterocycles. The molecule has 0 saturated carbocycles. The third-order valence-corrected chi connectivity index (χ3v) is 6.16. The Balaban J connectivity index is 2.19. The fraction of sp³-hybridized carbons (Fsp3) is 0.571. The molecule has 0 aliphatic carbocycles. The average molecular weight is 311 g/mol. The van der Waals surface area contributed by atoms with Gasteiger partial charge in [0.2, 0.25) is 5.91 Å². The third-order valence-electron chi connectivity index (χ3n) is 3.76. The van der Waals surface area contributed by atoms with Crippen LogP contribution in [0.3, 0.4) is 0 Å². The predicted molar refractivity (Wildman–Crippen MR) is 80.7 cm³/mol. The summed E-state index contributed by atoms with van der Waals surface area (Å²) in [7, 11) is -3.44. The first-order valence-corrected chi connectivity index (χ1v) is 8.36. The summed E-state index contributed by atoms with van der Waals surface area (Å²) in [5.74, 6) is -0.444. The van der Waals surface area contributed by atoms with E-state index in [1.165, 1.54) is 6.07 Å². The lowest BCUT2D eigenvalue weighted by Crippen LogP contribution is -2.29. The highest BCUT2D eigenvalue weighted by Gasteiger charge is 2.32. The average Bonchev–Trinajstić information content (AvgIpc) is 2.87. The van der Waals surface area contributed by atoms with E-state index < -0.39 is 14.6 Å². The number of hydrogen-bond donors (Lipinski definition) is 1. The van der Waals surface area contributed by atoms with Crippen LogP contribution in [-0.4, -0.2) is 37.1 Å². The zero-order valence-electron chi connectivity index (χ0n) is 12.5. The van der Waals surface area contributed by atoms with Crippen LogP contribution in [0.2, 0.25) is 0 Å². The van der Waals surface area contributed by atoms with Gasteiger partial charge in [-0.1, -0.05) is 0 Å². The lowest BCUT2D eigenvalue weighted by molar-refractivity contribution is -0.121. The first kappa shape index (κ1) is 15.8. The zero-order chi connectivity index (χ0) is 15.8. The van der Waals surface area contributed by atoms with Crippen LogP contribution in [0.25, 0.3) is 0 Å². The molecule has 1 aromatic heterocycles. The van der Waals surface area contributed by atoms with Crippen LogP contribution >= 0.6 is 0 Å². The molecule has 0 spiro atoms. The summed E-state index contributed by atoms with van der Waals surface area (Å²) in [6.45, 7) is 6.23. The smallest absolute Gasteiger partial charge is 0.222 e. The van der Waals surface area contributed by atoms with E-state index in [1.54, 1.807) is 33.0 Å². The van der Waals surface area contributed by atoms with Crippen LogP contribution < -0.4 is 10.6 Å². The minimum absolute atomic E-state index is 0.0735. The molecule has 1 amide bonds. The van der Waals surface area contributed by atoms with Gasteiger partial charge in [0.25, 0.3) is 0 Å². The standard InChI is InChI=1S/C14H21N3O3S/c1-14(2,3)21(19,20)12-5-4-11(8-16-12)17-7-6-10(9-17)13(15)18/h4-5,8,10H,6-7,9H2,1-3H3,(H2,15,18). The van der Waals surface area contributed by atoms with E-state index in [1.807, 2.05) is 4.90 Å². The van der Waals surface area contributed by atoms with Crippen LogP contribution in [0.4, 0.5) is 5.69 Å². The number of primary amides is 1. The summed E-state index contributed by atoms with van der Waals surface area (Å²) in [5, 5.41) is 0.0735. The summed E-state index contributed by atoms with van der Waals surface area (Å²) < 4.78 is 23.7. The summed E-state index contributed by atoms with van der Waals surface area (Å²) >= 11 is 0. The monoisotopic (exact) mass is 311 g/mol. The van der Waals surface area contributed by atoms with E-state index in [0.29, 0.717) is 6.54 Å². The van der Waals surface area contributed by atoms with Crippen LogP contribution in [0.1, 0.15) is 27.2 Å². The minimum atomic E-state index is -3.44. The van der Waals surface area contributed by atoms with Crippen molar-refractivity contribution in [2.24, 2.45) is 11.7 Å². The second kappa shape index (κ2) is 5.29. The van der Waals surface area contributed by atoms with E-state index in [-0.39, 0.29) is 16.9 Å². The zero-order valence-corrected chi connectivity index (χ0v) is 13.4. The molecular formula is C14H21N3O3S. The molecule has 2 rings (SSSR count). The van der Waals surface area contributed by atoms with Gasteiger partial charge in [0.1, 0.15) is 0 Å². The van der Waals surface area contributed by atoms with Gasteiger partial charge < -0.3 is 10.6 Å². The van der Waals surface area contributed by atoms with Crippen LogP contribution in [0, 0.1) is 5.92 Å². The fourth-order valence-corrected chi connectivity index (χ4v) is 3.33. The number of nitrogens with zero attached hydrogens (tertiary/aromatic N) is 2. The van der Waals surface area contributed by atoms with Crippen molar-refractivity contribution in [3.8, 4) is 0 Å². The molecule has 21 heavy (non-hydrogen) atoms. The maximum Gasteiger partial charge on any atom is 0.222 e. The fourth-order valence-electron chi connectivity index (χ4n) is 2.26. The van der Waals surface area contributed by atoms with Crippen molar-refractivity contribution in [2.45, 2.75) is 37.0 Å². The lowest BCUT2D eigenvalue weighted by Gasteiger charge is -2.20. The molecule has 2 N–H and O–H groups in total. The molecule has 6 nitrogen and oxygen atoms in total. The Hall–Kier alpha value is -1.63. The Morgan fingerprint density at radius 3 is 2.48 bits per heavy atom. The van der Waals surface area contributed by atoms with Gasteiger partial charge in [-0.3, -0.25) is 4.79 Å². The van der Waals surface area contributed by atoms with E-state index in [4.69, 9.17) is 5.73 Å². The number of pyridine rings is 1. The second-order valence-corrected chi connectivity index (χ2v) is 8.95. The molecule has 1 fully saturated rings. The van der Waals surface area contributed by atoms with Crippen molar-refractivity contribution >= 4 is 21.4 Å².